The van der Waals surface area contributed by atoms with Gasteiger partial charge in [0.2, 0.25) is 0 Å². The zero-order valence-electron chi connectivity index (χ0n) is 21.1. The predicted octanol–water partition coefficient (Wildman–Crippen LogP) is 6.20. The van der Waals surface area contributed by atoms with Gasteiger partial charge in [0.05, 0.1) is 29.9 Å². The van der Waals surface area contributed by atoms with Crippen LogP contribution in [0.15, 0.2) is 24.8 Å². The maximum atomic E-state index is 9.51. The van der Waals surface area contributed by atoms with Crippen molar-refractivity contribution in [2.75, 3.05) is 6.61 Å². The Kier molecular flexibility index (Phi) is 7.84. The number of fused-ring (bicyclic) bond motifs is 1. The summed E-state index contributed by atoms with van der Waals surface area (Å²) in [7, 11) is -1.11. The highest BCUT2D eigenvalue weighted by Crippen LogP contribution is 2.38. The molecule has 1 aliphatic carbocycles. The first kappa shape index (κ1) is 24.6. The summed E-state index contributed by atoms with van der Waals surface area (Å²) in [4.78, 5) is 9.28. The summed E-state index contributed by atoms with van der Waals surface area (Å²) in [5.41, 5.74) is 3.93. The first-order chi connectivity index (χ1) is 16.4. The van der Waals surface area contributed by atoms with Crippen molar-refractivity contribution in [3.63, 3.8) is 0 Å². The van der Waals surface area contributed by atoms with Gasteiger partial charge in [0, 0.05) is 38.0 Å². The van der Waals surface area contributed by atoms with Gasteiger partial charge in [-0.1, -0.05) is 45.8 Å². The Morgan fingerprint density at radius 1 is 1.24 bits per heavy atom. The lowest BCUT2D eigenvalue weighted by Crippen LogP contribution is -2.22. The first-order valence-electron chi connectivity index (χ1n) is 12.7. The Bertz CT molecular complexity index is 1130. The molecular formula is C26H38N6OSi. The lowest BCUT2D eigenvalue weighted by atomic mass is 9.96. The van der Waals surface area contributed by atoms with Crippen LogP contribution in [0.1, 0.15) is 57.2 Å². The van der Waals surface area contributed by atoms with E-state index >= 15 is 0 Å². The maximum Gasteiger partial charge on any atom is 0.145 e. The molecule has 0 bridgehead atoms. The van der Waals surface area contributed by atoms with E-state index < -0.39 is 8.07 Å². The van der Waals surface area contributed by atoms with E-state index in [4.69, 9.17) is 14.8 Å². The van der Waals surface area contributed by atoms with Gasteiger partial charge in [-0.25, -0.2) is 9.97 Å². The van der Waals surface area contributed by atoms with E-state index in [1.54, 1.807) is 6.33 Å². The van der Waals surface area contributed by atoms with E-state index in [1.807, 2.05) is 6.20 Å². The average molecular weight is 479 g/mol. The average Bonchev–Trinajstić information content (AvgIpc) is 3.55. The van der Waals surface area contributed by atoms with Crippen LogP contribution < -0.4 is 0 Å². The summed E-state index contributed by atoms with van der Waals surface area (Å²) in [6.07, 6.45) is 13.1. The fraction of sp³-hybridized carbons (Fsp3) is 0.615. The smallest absolute Gasteiger partial charge is 0.145 e. The van der Waals surface area contributed by atoms with Crippen LogP contribution in [0.25, 0.3) is 22.3 Å². The minimum Gasteiger partial charge on any atom is -0.361 e. The SMILES string of the molecule is CCCc1nn(C(CC#N)C2CCCC2)cc1-c1ncnc2c1ccn2COCC[Si](C)(C)C. The van der Waals surface area contributed by atoms with Crippen molar-refractivity contribution >= 4 is 19.1 Å². The summed E-state index contributed by atoms with van der Waals surface area (Å²) >= 11 is 0. The van der Waals surface area contributed by atoms with Gasteiger partial charge in [-0.2, -0.15) is 10.4 Å². The molecule has 0 amide bonds. The van der Waals surface area contributed by atoms with Crippen LogP contribution in [0.4, 0.5) is 0 Å². The Morgan fingerprint density at radius 2 is 2.03 bits per heavy atom. The summed E-state index contributed by atoms with van der Waals surface area (Å²) in [6.45, 7) is 10.5. The zero-order valence-corrected chi connectivity index (χ0v) is 22.1. The lowest BCUT2D eigenvalue weighted by molar-refractivity contribution is 0.0899. The quantitative estimate of drug-likeness (QED) is 0.242. The van der Waals surface area contributed by atoms with Gasteiger partial charge >= 0.3 is 0 Å². The molecule has 34 heavy (non-hydrogen) atoms. The fourth-order valence-electron chi connectivity index (χ4n) is 4.99. The molecule has 1 unspecified atom stereocenters. The number of hydrogen-bond acceptors (Lipinski definition) is 5. The minimum absolute atomic E-state index is 0.138. The van der Waals surface area contributed by atoms with Crippen molar-refractivity contribution in [1.82, 2.24) is 24.3 Å². The van der Waals surface area contributed by atoms with Crippen LogP contribution >= 0.6 is 0 Å². The molecule has 1 fully saturated rings. The minimum atomic E-state index is -1.11. The summed E-state index contributed by atoms with van der Waals surface area (Å²) in [5.74, 6) is 0.529. The number of aromatic nitrogens is 5. The molecular weight excluding hydrogens is 440 g/mol. The van der Waals surface area contributed by atoms with Gasteiger partial charge < -0.3 is 9.30 Å². The molecule has 1 atom stereocenters. The molecule has 0 aliphatic heterocycles. The zero-order chi connectivity index (χ0) is 24.1. The van der Waals surface area contributed by atoms with E-state index in [1.165, 1.54) is 25.7 Å². The Hall–Kier alpha value is -2.50. The largest absolute Gasteiger partial charge is 0.361 e. The molecule has 1 aliphatic rings. The molecule has 4 rings (SSSR count). The van der Waals surface area contributed by atoms with Gasteiger partial charge in [0.1, 0.15) is 18.7 Å². The highest BCUT2D eigenvalue weighted by molar-refractivity contribution is 6.76. The molecule has 182 valence electrons. The van der Waals surface area contributed by atoms with E-state index in [9.17, 15) is 5.26 Å². The molecule has 0 aromatic carbocycles. The summed E-state index contributed by atoms with van der Waals surface area (Å²) in [6, 6.07) is 5.78. The third kappa shape index (κ3) is 5.58. The van der Waals surface area contributed by atoms with Gasteiger partial charge in [0.25, 0.3) is 0 Å². The van der Waals surface area contributed by atoms with Crippen LogP contribution in [-0.2, 0) is 17.9 Å². The van der Waals surface area contributed by atoms with Crippen LogP contribution in [0.5, 0.6) is 0 Å². The normalized spacial score (nSPS) is 15.7. The number of hydrogen-bond donors (Lipinski definition) is 0. The van der Waals surface area contributed by atoms with Crippen LogP contribution in [0.3, 0.4) is 0 Å². The molecule has 0 N–H and O–H groups in total. The number of nitrogens with zero attached hydrogens (tertiary/aromatic N) is 6. The highest BCUT2D eigenvalue weighted by Gasteiger charge is 2.28. The monoisotopic (exact) mass is 478 g/mol. The third-order valence-electron chi connectivity index (χ3n) is 6.92. The fourth-order valence-corrected chi connectivity index (χ4v) is 5.75. The second kappa shape index (κ2) is 10.8. The Labute approximate surface area is 204 Å². The summed E-state index contributed by atoms with van der Waals surface area (Å²) in [5, 5.41) is 15.5. The third-order valence-corrected chi connectivity index (χ3v) is 8.62. The number of rotatable bonds is 11. The standard InChI is InChI=1S/C26H38N6OSi/c1-5-8-23-22(17-32(30-23)24(11-13-27)20-9-6-7-10-20)25-21-12-14-31(26(21)29-18-28-25)19-33-15-16-34(2,3)4/h12,14,17-18,20,24H,5-11,15-16,19H2,1-4H3. The van der Waals surface area contributed by atoms with Crippen molar-refractivity contribution < 1.29 is 4.74 Å². The van der Waals surface area contributed by atoms with Crippen molar-refractivity contribution in [3.8, 4) is 17.3 Å². The van der Waals surface area contributed by atoms with Gasteiger partial charge in [0.15, 0.2) is 0 Å². The van der Waals surface area contributed by atoms with Crippen LogP contribution in [0.2, 0.25) is 25.7 Å². The highest BCUT2D eigenvalue weighted by atomic mass is 28.3. The Balaban J connectivity index is 1.64. The first-order valence-corrected chi connectivity index (χ1v) is 16.4. The van der Waals surface area contributed by atoms with Crippen molar-refractivity contribution in [2.45, 2.75) is 90.3 Å². The van der Waals surface area contributed by atoms with Crippen molar-refractivity contribution in [3.05, 3.63) is 30.5 Å². The molecule has 3 heterocycles. The molecule has 0 radical (unpaired) electrons. The van der Waals surface area contributed by atoms with E-state index in [0.29, 0.717) is 19.1 Å². The van der Waals surface area contributed by atoms with Crippen LogP contribution in [-0.4, -0.2) is 39.0 Å². The molecule has 0 spiro atoms. The topological polar surface area (TPSA) is 81.5 Å². The lowest BCUT2D eigenvalue weighted by Gasteiger charge is -2.21. The molecule has 8 heteroatoms. The number of nitriles is 1. The second-order valence-corrected chi connectivity index (χ2v) is 16.4. The molecule has 0 saturated heterocycles. The van der Waals surface area contributed by atoms with Gasteiger partial charge in [-0.3, -0.25) is 4.68 Å². The summed E-state index contributed by atoms with van der Waals surface area (Å²) < 4.78 is 10.1. The maximum absolute atomic E-state index is 9.51. The van der Waals surface area contributed by atoms with Gasteiger partial charge in [-0.05, 0) is 37.3 Å². The number of ether oxygens (including phenoxy) is 1. The Morgan fingerprint density at radius 3 is 2.74 bits per heavy atom. The van der Waals surface area contributed by atoms with Gasteiger partial charge in [-0.15, -0.1) is 0 Å². The predicted molar refractivity (Wildman–Crippen MR) is 138 cm³/mol. The van der Waals surface area contributed by atoms with Crippen LogP contribution in [0, 0.1) is 17.2 Å². The van der Waals surface area contributed by atoms with E-state index in [2.05, 4.69) is 59.1 Å². The molecule has 3 aromatic rings. The van der Waals surface area contributed by atoms with E-state index in [0.717, 1.165) is 53.5 Å². The van der Waals surface area contributed by atoms with E-state index in [-0.39, 0.29) is 6.04 Å². The molecule has 3 aromatic heterocycles. The molecule has 1 saturated carbocycles. The molecule has 7 nitrogen and oxygen atoms in total. The number of aryl methyl sites for hydroxylation is 1. The van der Waals surface area contributed by atoms with Crippen molar-refractivity contribution in [2.24, 2.45) is 5.92 Å². The van der Waals surface area contributed by atoms with Crippen molar-refractivity contribution in [1.29, 1.82) is 5.26 Å². The second-order valence-electron chi connectivity index (χ2n) is 10.8.